The van der Waals surface area contributed by atoms with Crippen LogP contribution in [0.5, 0.6) is 0 Å². The third-order valence-corrected chi connectivity index (χ3v) is 2.54. The maximum Gasteiger partial charge on any atom is 0.219 e. The van der Waals surface area contributed by atoms with E-state index in [-0.39, 0.29) is 18.1 Å². The van der Waals surface area contributed by atoms with E-state index >= 15 is 0 Å². The number of hydrogen-bond donors (Lipinski definition) is 3. The van der Waals surface area contributed by atoms with Crippen LogP contribution in [0.3, 0.4) is 0 Å². The predicted octanol–water partition coefficient (Wildman–Crippen LogP) is 2.25. The van der Waals surface area contributed by atoms with E-state index in [0.717, 1.165) is 12.5 Å². The highest BCUT2D eigenvalue weighted by atomic mass is 19.1. The molecule has 20 heavy (non-hydrogen) atoms. The van der Waals surface area contributed by atoms with E-state index in [0.29, 0.717) is 6.54 Å². The first-order chi connectivity index (χ1) is 9.25. The maximum absolute atomic E-state index is 13.7. The van der Waals surface area contributed by atoms with Crippen LogP contribution in [0.15, 0.2) is 6.07 Å². The standard InChI is InChI=1S/C13H20F2N4O/c1-4-5-17-11-8(14)6-9(15)12(18-11)19-13(2,3)7-10(16)20/h6H,4-5,7H2,1-3H3,(H2,16,20)(H2,17,18,19). The van der Waals surface area contributed by atoms with Crippen molar-refractivity contribution < 1.29 is 13.6 Å². The Balaban J connectivity index is 2.96. The second kappa shape index (κ2) is 6.49. The summed E-state index contributed by atoms with van der Waals surface area (Å²) in [5.41, 5.74) is 4.35. The van der Waals surface area contributed by atoms with E-state index in [4.69, 9.17) is 5.73 Å². The van der Waals surface area contributed by atoms with E-state index in [2.05, 4.69) is 15.6 Å². The quantitative estimate of drug-likeness (QED) is 0.718. The van der Waals surface area contributed by atoms with E-state index in [1.54, 1.807) is 13.8 Å². The molecule has 1 aromatic rings. The van der Waals surface area contributed by atoms with Crippen molar-refractivity contribution in [2.45, 2.75) is 39.2 Å². The first kappa shape index (κ1) is 16.1. The molecule has 112 valence electrons. The van der Waals surface area contributed by atoms with Gasteiger partial charge in [-0.1, -0.05) is 6.92 Å². The number of anilines is 2. The zero-order valence-corrected chi connectivity index (χ0v) is 11.9. The summed E-state index contributed by atoms with van der Waals surface area (Å²) in [6.45, 7) is 5.81. The third kappa shape index (κ3) is 4.64. The van der Waals surface area contributed by atoms with Crippen LogP contribution in [0.4, 0.5) is 20.4 Å². The Morgan fingerprint density at radius 1 is 1.35 bits per heavy atom. The number of halogens is 2. The van der Waals surface area contributed by atoms with Crippen LogP contribution in [0, 0.1) is 11.6 Å². The average Bonchev–Trinajstić information content (AvgIpc) is 2.29. The molecule has 1 rings (SSSR count). The van der Waals surface area contributed by atoms with E-state index in [1.807, 2.05) is 6.92 Å². The number of carbonyl (C=O) groups excluding carboxylic acids is 1. The number of primary amides is 1. The average molecular weight is 286 g/mol. The molecular formula is C13H20F2N4O. The number of hydrogen-bond acceptors (Lipinski definition) is 4. The van der Waals surface area contributed by atoms with Gasteiger partial charge in [-0.3, -0.25) is 4.79 Å². The van der Waals surface area contributed by atoms with Crippen molar-refractivity contribution >= 4 is 17.5 Å². The molecule has 0 fully saturated rings. The largest absolute Gasteiger partial charge is 0.370 e. The SMILES string of the molecule is CCCNc1nc(NC(C)(C)CC(N)=O)c(F)cc1F. The third-order valence-electron chi connectivity index (χ3n) is 2.54. The Morgan fingerprint density at radius 2 is 1.95 bits per heavy atom. The summed E-state index contributed by atoms with van der Waals surface area (Å²) in [6, 6.07) is 0.758. The molecule has 0 saturated carbocycles. The van der Waals surface area contributed by atoms with Gasteiger partial charge in [-0.15, -0.1) is 0 Å². The van der Waals surface area contributed by atoms with Gasteiger partial charge < -0.3 is 16.4 Å². The lowest BCUT2D eigenvalue weighted by atomic mass is 10.0. The van der Waals surface area contributed by atoms with Crippen LogP contribution in [-0.2, 0) is 4.79 Å². The van der Waals surface area contributed by atoms with Gasteiger partial charge in [-0.2, -0.15) is 0 Å². The molecule has 0 aliphatic carbocycles. The number of pyridine rings is 1. The van der Waals surface area contributed by atoms with Crippen molar-refractivity contribution in [2.24, 2.45) is 5.73 Å². The topological polar surface area (TPSA) is 80.0 Å². The molecule has 0 spiro atoms. The number of nitrogens with two attached hydrogens (primary N) is 1. The molecule has 7 heteroatoms. The van der Waals surface area contributed by atoms with Crippen LogP contribution in [0.25, 0.3) is 0 Å². The van der Waals surface area contributed by atoms with Crippen molar-refractivity contribution in [1.29, 1.82) is 0 Å². The smallest absolute Gasteiger partial charge is 0.219 e. The van der Waals surface area contributed by atoms with Crippen LogP contribution in [-0.4, -0.2) is 23.0 Å². The number of nitrogens with one attached hydrogen (secondary N) is 2. The predicted molar refractivity (Wildman–Crippen MR) is 74.4 cm³/mol. The monoisotopic (exact) mass is 286 g/mol. The molecule has 0 aromatic carbocycles. The first-order valence-corrected chi connectivity index (χ1v) is 6.41. The van der Waals surface area contributed by atoms with Crippen molar-refractivity contribution in [1.82, 2.24) is 4.98 Å². The van der Waals surface area contributed by atoms with Crippen molar-refractivity contribution in [3.8, 4) is 0 Å². The molecule has 1 heterocycles. The van der Waals surface area contributed by atoms with Crippen molar-refractivity contribution in [2.75, 3.05) is 17.2 Å². The molecular weight excluding hydrogens is 266 g/mol. The molecule has 0 saturated heterocycles. The summed E-state index contributed by atoms with van der Waals surface area (Å²) in [6.07, 6.45) is 0.789. The van der Waals surface area contributed by atoms with Crippen LogP contribution < -0.4 is 16.4 Å². The second-order valence-electron chi connectivity index (χ2n) is 5.23. The molecule has 0 aliphatic rings. The minimum absolute atomic E-state index is 0.00319. The summed E-state index contributed by atoms with van der Waals surface area (Å²) in [4.78, 5) is 14.8. The molecule has 5 nitrogen and oxygen atoms in total. The zero-order chi connectivity index (χ0) is 15.3. The minimum atomic E-state index is -0.818. The molecule has 0 aliphatic heterocycles. The fraction of sp³-hybridized carbons (Fsp3) is 0.538. The van der Waals surface area contributed by atoms with Gasteiger partial charge in [0.15, 0.2) is 23.3 Å². The summed E-state index contributed by atoms with van der Waals surface area (Å²) in [5.74, 6) is -2.23. The molecule has 4 N–H and O–H groups in total. The number of rotatable bonds is 7. The Hall–Kier alpha value is -1.92. The van der Waals surface area contributed by atoms with Gasteiger partial charge >= 0.3 is 0 Å². The molecule has 0 bridgehead atoms. The van der Waals surface area contributed by atoms with Gasteiger partial charge in [-0.25, -0.2) is 13.8 Å². The van der Waals surface area contributed by atoms with Crippen LogP contribution in [0.2, 0.25) is 0 Å². The van der Waals surface area contributed by atoms with Gasteiger partial charge in [0, 0.05) is 24.6 Å². The summed E-state index contributed by atoms with van der Waals surface area (Å²) in [5, 5.41) is 5.54. The molecule has 1 aromatic heterocycles. The fourth-order valence-corrected chi connectivity index (χ4v) is 1.72. The maximum atomic E-state index is 13.7. The second-order valence-corrected chi connectivity index (χ2v) is 5.23. The minimum Gasteiger partial charge on any atom is -0.370 e. The van der Waals surface area contributed by atoms with E-state index in [1.165, 1.54) is 0 Å². The number of nitrogens with zero attached hydrogens (tertiary/aromatic N) is 1. The van der Waals surface area contributed by atoms with Crippen LogP contribution >= 0.6 is 0 Å². The Morgan fingerprint density at radius 3 is 2.50 bits per heavy atom. The number of carbonyl (C=O) groups is 1. The number of amides is 1. The molecule has 0 radical (unpaired) electrons. The van der Waals surface area contributed by atoms with Crippen molar-refractivity contribution in [3.63, 3.8) is 0 Å². The fourth-order valence-electron chi connectivity index (χ4n) is 1.72. The Bertz CT molecular complexity index is 492. The highest BCUT2D eigenvalue weighted by Gasteiger charge is 2.23. The zero-order valence-electron chi connectivity index (χ0n) is 11.9. The first-order valence-electron chi connectivity index (χ1n) is 6.41. The van der Waals surface area contributed by atoms with Gasteiger partial charge in [-0.05, 0) is 20.3 Å². The van der Waals surface area contributed by atoms with Gasteiger partial charge in [0.1, 0.15) is 0 Å². The molecule has 1 amide bonds. The lowest BCUT2D eigenvalue weighted by Gasteiger charge is -2.26. The molecule has 0 unspecified atom stereocenters. The lowest BCUT2D eigenvalue weighted by molar-refractivity contribution is -0.118. The number of aromatic nitrogens is 1. The van der Waals surface area contributed by atoms with Gasteiger partial charge in [0.2, 0.25) is 5.91 Å². The lowest BCUT2D eigenvalue weighted by Crippen LogP contribution is -2.36. The highest BCUT2D eigenvalue weighted by Crippen LogP contribution is 2.23. The van der Waals surface area contributed by atoms with Crippen LogP contribution in [0.1, 0.15) is 33.6 Å². The summed E-state index contributed by atoms with van der Waals surface area (Å²) < 4.78 is 27.2. The summed E-state index contributed by atoms with van der Waals surface area (Å²) >= 11 is 0. The molecule has 0 atom stereocenters. The highest BCUT2D eigenvalue weighted by molar-refractivity contribution is 5.75. The normalized spacial score (nSPS) is 11.2. The van der Waals surface area contributed by atoms with Crippen molar-refractivity contribution in [3.05, 3.63) is 17.7 Å². The van der Waals surface area contributed by atoms with E-state index < -0.39 is 23.1 Å². The Kier molecular flexibility index (Phi) is 5.24. The van der Waals surface area contributed by atoms with Gasteiger partial charge in [0.05, 0.1) is 0 Å². The van der Waals surface area contributed by atoms with Gasteiger partial charge in [0.25, 0.3) is 0 Å². The van der Waals surface area contributed by atoms with E-state index in [9.17, 15) is 13.6 Å². The Labute approximate surface area is 117 Å². The summed E-state index contributed by atoms with van der Waals surface area (Å²) in [7, 11) is 0.